The van der Waals surface area contributed by atoms with Gasteiger partial charge in [-0.15, -0.1) is 11.3 Å². The SMILES string of the molecule is Cc1ccccc1-c1csc(N2CCC(S(=O)(=O)c3cc(F)ccc3C)CC2)n1. The Balaban J connectivity index is 1.49. The number of hydrogen-bond donors (Lipinski definition) is 0. The van der Waals surface area contributed by atoms with Gasteiger partial charge in [0.05, 0.1) is 15.8 Å². The third-order valence-corrected chi connectivity index (χ3v) is 8.82. The van der Waals surface area contributed by atoms with Crippen molar-refractivity contribution in [3.8, 4) is 11.3 Å². The van der Waals surface area contributed by atoms with Crippen molar-refractivity contribution in [1.82, 2.24) is 4.98 Å². The lowest BCUT2D eigenvalue weighted by Crippen LogP contribution is -2.39. The van der Waals surface area contributed by atoms with Gasteiger partial charge >= 0.3 is 0 Å². The van der Waals surface area contributed by atoms with E-state index < -0.39 is 20.9 Å². The molecule has 1 aliphatic rings. The van der Waals surface area contributed by atoms with Gasteiger partial charge in [-0.3, -0.25) is 0 Å². The summed E-state index contributed by atoms with van der Waals surface area (Å²) in [5, 5.41) is 2.48. The third kappa shape index (κ3) is 3.94. The highest BCUT2D eigenvalue weighted by Gasteiger charge is 2.33. The largest absolute Gasteiger partial charge is 0.348 e. The molecule has 0 atom stereocenters. The van der Waals surface area contributed by atoms with Crippen LogP contribution in [0, 0.1) is 19.7 Å². The van der Waals surface area contributed by atoms with Crippen molar-refractivity contribution in [2.24, 2.45) is 0 Å². The molecule has 0 radical (unpaired) electrons. The summed E-state index contributed by atoms with van der Waals surface area (Å²) >= 11 is 1.58. The highest BCUT2D eigenvalue weighted by molar-refractivity contribution is 7.92. The summed E-state index contributed by atoms with van der Waals surface area (Å²) in [6.07, 6.45) is 1.02. The van der Waals surface area contributed by atoms with Crippen LogP contribution < -0.4 is 4.90 Å². The van der Waals surface area contributed by atoms with E-state index >= 15 is 0 Å². The molecule has 0 aliphatic carbocycles. The molecule has 1 saturated heterocycles. The first-order chi connectivity index (χ1) is 13.9. The van der Waals surface area contributed by atoms with E-state index in [1.165, 1.54) is 17.7 Å². The topological polar surface area (TPSA) is 50.3 Å². The second-order valence-electron chi connectivity index (χ2n) is 7.47. The lowest BCUT2D eigenvalue weighted by atomic mass is 10.1. The number of halogens is 1. The van der Waals surface area contributed by atoms with Gasteiger partial charge in [0.1, 0.15) is 5.82 Å². The second-order valence-corrected chi connectivity index (χ2v) is 10.5. The molecule has 1 aromatic heterocycles. The highest BCUT2D eigenvalue weighted by Crippen LogP contribution is 2.33. The zero-order valence-corrected chi connectivity index (χ0v) is 18.1. The number of piperidine rings is 1. The fourth-order valence-corrected chi connectivity index (χ4v) is 6.67. The van der Waals surface area contributed by atoms with Gasteiger partial charge in [-0.25, -0.2) is 17.8 Å². The lowest BCUT2D eigenvalue weighted by molar-refractivity contribution is 0.528. The van der Waals surface area contributed by atoms with E-state index in [9.17, 15) is 12.8 Å². The van der Waals surface area contributed by atoms with Crippen molar-refractivity contribution >= 4 is 26.3 Å². The molecule has 4 rings (SSSR count). The molecule has 1 fully saturated rings. The molecule has 0 saturated carbocycles. The number of nitrogens with zero attached hydrogens (tertiary/aromatic N) is 2. The molecule has 2 heterocycles. The van der Waals surface area contributed by atoms with Crippen molar-refractivity contribution in [3.63, 3.8) is 0 Å². The summed E-state index contributed by atoms with van der Waals surface area (Å²) in [7, 11) is -3.55. The van der Waals surface area contributed by atoms with Crippen LogP contribution in [0.15, 0.2) is 52.7 Å². The molecule has 2 aromatic carbocycles. The summed E-state index contributed by atoms with van der Waals surface area (Å²) in [6, 6.07) is 12.1. The van der Waals surface area contributed by atoms with Gasteiger partial charge in [0.25, 0.3) is 0 Å². The minimum atomic E-state index is -3.55. The summed E-state index contributed by atoms with van der Waals surface area (Å²) in [5.74, 6) is -0.516. The molecule has 7 heteroatoms. The fraction of sp³-hybridized carbons (Fsp3) is 0.318. The van der Waals surface area contributed by atoms with Gasteiger partial charge in [-0.05, 0) is 49.9 Å². The third-order valence-electron chi connectivity index (χ3n) is 5.52. The Labute approximate surface area is 175 Å². The van der Waals surface area contributed by atoms with Crippen molar-refractivity contribution in [2.75, 3.05) is 18.0 Å². The van der Waals surface area contributed by atoms with Crippen LogP contribution in [-0.2, 0) is 9.84 Å². The van der Waals surface area contributed by atoms with Gasteiger partial charge in [0, 0.05) is 24.0 Å². The van der Waals surface area contributed by atoms with Crippen LogP contribution in [0.2, 0.25) is 0 Å². The van der Waals surface area contributed by atoms with E-state index in [4.69, 9.17) is 4.98 Å². The predicted octanol–water partition coefficient (Wildman–Crippen LogP) is 5.01. The maximum atomic E-state index is 13.6. The Hall–Kier alpha value is -2.25. The Kier molecular flexibility index (Phi) is 5.44. The van der Waals surface area contributed by atoms with E-state index in [2.05, 4.69) is 29.3 Å². The summed E-state index contributed by atoms with van der Waals surface area (Å²) < 4.78 is 39.7. The summed E-state index contributed by atoms with van der Waals surface area (Å²) in [4.78, 5) is 7.05. The van der Waals surface area contributed by atoms with Crippen LogP contribution in [-0.4, -0.2) is 31.7 Å². The van der Waals surface area contributed by atoms with Crippen LogP contribution in [0.25, 0.3) is 11.3 Å². The molecule has 0 bridgehead atoms. The first-order valence-corrected chi connectivity index (χ1v) is 12.1. The zero-order valence-electron chi connectivity index (χ0n) is 16.4. The normalized spacial score (nSPS) is 15.6. The van der Waals surface area contributed by atoms with Gasteiger partial charge in [0.15, 0.2) is 15.0 Å². The highest BCUT2D eigenvalue weighted by atomic mass is 32.2. The maximum absolute atomic E-state index is 13.6. The van der Waals surface area contributed by atoms with E-state index in [0.717, 1.165) is 22.5 Å². The van der Waals surface area contributed by atoms with Crippen LogP contribution in [0.4, 0.5) is 9.52 Å². The Morgan fingerprint density at radius 2 is 1.79 bits per heavy atom. The molecule has 1 aliphatic heterocycles. The van der Waals surface area contributed by atoms with Crippen molar-refractivity contribution in [2.45, 2.75) is 36.8 Å². The van der Waals surface area contributed by atoms with E-state index in [-0.39, 0.29) is 4.90 Å². The number of benzene rings is 2. The smallest absolute Gasteiger partial charge is 0.185 e. The van der Waals surface area contributed by atoms with E-state index in [1.807, 2.05) is 12.1 Å². The minimum Gasteiger partial charge on any atom is -0.348 e. The van der Waals surface area contributed by atoms with Crippen LogP contribution in [0.3, 0.4) is 0 Å². The molecular weight excluding hydrogens is 407 g/mol. The van der Waals surface area contributed by atoms with Crippen LogP contribution in [0.5, 0.6) is 0 Å². The number of hydrogen-bond acceptors (Lipinski definition) is 5. The van der Waals surface area contributed by atoms with Gasteiger partial charge in [0.2, 0.25) is 0 Å². The number of aromatic nitrogens is 1. The van der Waals surface area contributed by atoms with E-state index in [1.54, 1.807) is 18.3 Å². The summed E-state index contributed by atoms with van der Waals surface area (Å²) in [5.41, 5.74) is 3.85. The first kappa shape index (κ1) is 20.0. The van der Waals surface area contributed by atoms with Crippen molar-refractivity contribution < 1.29 is 12.8 Å². The minimum absolute atomic E-state index is 0.118. The zero-order chi connectivity index (χ0) is 20.6. The molecule has 4 nitrogen and oxygen atoms in total. The van der Waals surface area contributed by atoms with Crippen molar-refractivity contribution in [3.05, 3.63) is 64.8 Å². The van der Waals surface area contributed by atoms with Crippen molar-refractivity contribution in [1.29, 1.82) is 0 Å². The quantitative estimate of drug-likeness (QED) is 0.584. The van der Waals surface area contributed by atoms with Crippen LogP contribution >= 0.6 is 11.3 Å². The molecule has 0 spiro atoms. The number of rotatable bonds is 4. The molecule has 0 amide bonds. The maximum Gasteiger partial charge on any atom is 0.185 e. The average molecular weight is 431 g/mol. The Morgan fingerprint density at radius 3 is 2.52 bits per heavy atom. The molecule has 29 heavy (non-hydrogen) atoms. The lowest BCUT2D eigenvalue weighted by Gasteiger charge is -2.31. The molecular formula is C22H23FN2O2S2. The van der Waals surface area contributed by atoms with Crippen LogP contribution in [0.1, 0.15) is 24.0 Å². The van der Waals surface area contributed by atoms with Gasteiger partial charge < -0.3 is 4.90 Å². The second kappa shape index (κ2) is 7.88. The van der Waals surface area contributed by atoms with Gasteiger partial charge in [-0.2, -0.15) is 0 Å². The number of sulfone groups is 1. The average Bonchev–Trinajstić information content (AvgIpc) is 3.20. The molecule has 0 unspecified atom stereocenters. The summed E-state index contributed by atoms with van der Waals surface area (Å²) in [6.45, 7) is 5.03. The monoisotopic (exact) mass is 430 g/mol. The van der Waals surface area contributed by atoms with Gasteiger partial charge in [-0.1, -0.05) is 30.3 Å². The predicted molar refractivity (Wildman–Crippen MR) is 116 cm³/mol. The number of anilines is 1. The fourth-order valence-electron chi connectivity index (χ4n) is 3.81. The Bertz CT molecular complexity index is 1130. The Morgan fingerprint density at radius 1 is 1.07 bits per heavy atom. The van der Waals surface area contributed by atoms with E-state index in [0.29, 0.717) is 31.5 Å². The molecule has 0 N–H and O–H groups in total. The standard InChI is InChI=1S/C22H23FN2O2S2/c1-15-5-3-4-6-19(15)20-14-28-22(24-20)25-11-9-18(10-12-25)29(26,27)21-13-17(23)8-7-16(21)2/h3-8,13-14,18H,9-12H2,1-2H3. The molecule has 3 aromatic rings. The first-order valence-electron chi connectivity index (χ1n) is 9.63. The molecule has 152 valence electrons. The number of thiazole rings is 1. The number of aryl methyl sites for hydroxylation is 2.